The molecule has 0 aliphatic rings. The average Bonchev–Trinajstić information content (AvgIpc) is 3.23. The molecular formula is C48H81N3O18. The van der Waals surface area contributed by atoms with E-state index in [0.717, 1.165) is 106 Å². The molecule has 21 nitrogen and oxygen atoms in total. The van der Waals surface area contributed by atoms with Gasteiger partial charge in [0.15, 0.2) is 24.4 Å². The van der Waals surface area contributed by atoms with Gasteiger partial charge < -0.3 is 55.0 Å². The molecule has 0 bridgehead atoms. The van der Waals surface area contributed by atoms with Gasteiger partial charge in [0.1, 0.15) is 24.3 Å². The van der Waals surface area contributed by atoms with Gasteiger partial charge in [-0.1, -0.05) is 84.5 Å². The summed E-state index contributed by atoms with van der Waals surface area (Å²) in [6.45, 7) is 9.89. The van der Waals surface area contributed by atoms with Gasteiger partial charge in [-0.25, -0.2) is 9.59 Å². The van der Waals surface area contributed by atoms with Crippen LogP contribution in [0.5, 0.6) is 0 Å². The van der Waals surface area contributed by atoms with Crippen LogP contribution in [-0.4, -0.2) is 125 Å². The average molecular weight is 988 g/mol. The third kappa shape index (κ3) is 30.7. The van der Waals surface area contributed by atoms with Crippen molar-refractivity contribution in [1.82, 2.24) is 10.6 Å². The van der Waals surface area contributed by atoms with E-state index < -0.39 is 108 Å². The zero-order valence-electron chi connectivity index (χ0n) is 42.0. The Morgan fingerprint density at radius 2 is 0.739 bits per heavy atom. The molecule has 69 heavy (non-hydrogen) atoms. The van der Waals surface area contributed by atoms with Crippen molar-refractivity contribution in [2.24, 2.45) is 11.7 Å². The molecule has 0 aromatic carbocycles. The van der Waals surface area contributed by atoms with E-state index in [4.69, 9.17) is 34.2 Å². The molecule has 0 saturated heterocycles. The monoisotopic (exact) mass is 988 g/mol. The van der Waals surface area contributed by atoms with Crippen molar-refractivity contribution in [2.45, 2.75) is 233 Å². The Bertz CT molecular complexity index is 1620. The van der Waals surface area contributed by atoms with Crippen LogP contribution in [-0.2, 0) is 76.4 Å². The van der Waals surface area contributed by atoms with Crippen LogP contribution in [0.3, 0.4) is 0 Å². The number of nitrogens with one attached hydrogen (secondary N) is 2. The van der Waals surface area contributed by atoms with Crippen LogP contribution in [0.4, 0.5) is 0 Å². The number of hydrogen-bond donors (Lipinski definition) is 5. The van der Waals surface area contributed by atoms with E-state index in [1.165, 1.54) is 0 Å². The predicted molar refractivity (Wildman–Crippen MR) is 249 cm³/mol. The summed E-state index contributed by atoms with van der Waals surface area (Å²) in [5.41, 5.74) is 5.45. The van der Waals surface area contributed by atoms with Crippen LogP contribution in [0.1, 0.15) is 184 Å². The highest BCUT2D eigenvalue weighted by atomic mass is 16.6. The quantitative estimate of drug-likeness (QED) is 0.0303. The molecule has 2 amide bonds. The van der Waals surface area contributed by atoms with Gasteiger partial charge in [0.2, 0.25) is 11.8 Å². The largest absolute Gasteiger partial charge is 0.480 e. The Labute approximate surface area is 406 Å². The molecule has 0 aliphatic carbocycles. The van der Waals surface area contributed by atoms with Gasteiger partial charge in [-0.15, -0.1) is 0 Å². The van der Waals surface area contributed by atoms with Crippen LogP contribution in [0, 0.1) is 5.92 Å². The molecule has 8 atom stereocenters. The van der Waals surface area contributed by atoms with E-state index in [-0.39, 0.29) is 38.0 Å². The van der Waals surface area contributed by atoms with Gasteiger partial charge in [-0.2, -0.15) is 0 Å². The first kappa shape index (κ1) is 63.7. The molecule has 0 fully saturated rings. The lowest BCUT2D eigenvalue weighted by Crippen LogP contribution is -2.58. The first-order valence-corrected chi connectivity index (χ1v) is 24.3. The number of unbranched alkanes of at least 4 members (excludes halogenated alkanes) is 12. The molecule has 0 rings (SSSR count). The van der Waals surface area contributed by atoms with Gasteiger partial charge in [-0.05, 0) is 57.4 Å². The number of carboxylic acids is 2. The summed E-state index contributed by atoms with van der Waals surface area (Å²) in [7, 11) is 0. The molecule has 0 heterocycles. The lowest BCUT2D eigenvalue weighted by Gasteiger charge is -2.40. The minimum absolute atomic E-state index is 0.0674. The zero-order valence-corrected chi connectivity index (χ0v) is 42.0. The molecule has 21 heteroatoms. The number of rotatable bonds is 39. The molecule has 0 aliphatic heterocycles. The van der Waals surface area contributed by atoms with Crippen molar-refractivity contribution >= 4 is 59.6 Å². The third-order valence-corrected chi connectivity index (χ3v) is 10.9. The molecule has 0 aromatic heterocycles. The van der Waals surface area contributed by atoms with E-state index in [1.807, 2.05) is 0 Å². The van der Waals surface area contributed by atoms with Crippen LogP contribution in [0.2, 0.25) is 0 Å². The number of ether oxygens (including phenoxy) is 6. The van der Waals surface area contributed by atoms with E-state index in [2.05, 4.69) is 10.6 Å². The lowest BCUT2D eigenvalue weighted by atomic mass is 9.91. The molecule has 0 saturated carbocycles. The smallest absolute Gasteiger partial charge is 0.326 e. The maximum atomic E-state index is 12.8. The highest BCUT2D eigenvalue weighted by Crippen LogP contribution is 2.29. The Hall–Kier alpha value is -5.34. The fourth-order valence-electron chi connectivity index (χ4n) is 7.77. The molecule has 396 valence electrons. The summed E-state index contributed by atoms with van der Waals surface area (Å²) in [5.74, 6) is -9.05. The van der Waals surface area contributed by atoms with Crippen LogP contribution < -0.4 is 16.4 Å². The topological polar surface area (TPSA) is 317 Å². The number of hydrogen-bond acceptors (Lipinski definition) is 17. The molecule has 6 N–H and O–H groups in total. The summed E-state index contributed by atoms with van der Waals surface area (Å²) in [5, 5.41) is 23.8. The second kappa shape index (κ2) is 36.6. The normalized spacial score (nSPS) is 14.6. The molecule has 0 radical (unpaired) electrons. The van der Waals surface area contributed by atoms with E-state index >= 15 is 0 Å². The second-order valence-corrected chi connectivity index (χ2v) is 17.6. The van der Waals surface area contributed by atoms with Gasteiger partial charge in [0.25, 0.3) is 0 Å². The maximum Gasteiger partial charge on any atom is 0.326 e. The van der Waals surface area contributed by atoms with Crippen molar-refractivity contribution in [3.05, 3.63) is 0 Å². The minimum Gasteiger partial charge on any atom is -0.480 e. The van der Waals surface area contributed by atoms with Crippen LogP contribution in [0.25, 0.3) is 0 Å². The summed E-state index contributed by atoms with van der Waals surface area (Å²) in [6.07, 6.45) is 2.59. The second-order valence-electron chi connectivity index (χ2n) is 17.6. The molecule has 0 aromatic rings. The van der Waals surface area contributed by atoms with Gasteiger partial charge >= 0.3 is 47.8 Å². The van der Waals surface area contributed by atoms with Crippen molar-refractivity contribution in [3.8, 4) is 0 Å². The number of nitrogens with two attached hydrogens (primary N) is 1. The number of carboxylic acid groups (broad SMARTS) is 2. The van der Waals surface area contributed by atoms with Crippen LogP contribution >= 0.6 is 0 Å². The number of carbonyl (C=O) groups excluding carboxylic acids is 8. The highest BCUT2D eigenvalue weighted by molar-refractivity contribution is 5.84. The van der Waals surface area contributed by atoms with E-state index in [9.17, 15) is 58.2 Å². The van der Waals surface area contributed by atoms with Gasteiger partial charge in [0, 0.05) is 54.4 Å². The van der Waals surface area contributed by atoms with Crippen molar-refractivity contribution in [2.75, 3.05) is 6.54 Å². The van der Waals surface area contributed by atoms with Crippen LogP contribution in [0.15, 0.2) is 0 Å². The highest BCUT2D eigenvalue weighted by Gasteiger charge is 2.50. The number of amides is 2. The summed E-state index contributed by atoms with van der Waals surface area (Å²) < 4.78 is 33.8. The zero-order chi connectivity index (χ0) is 52.5. The standard InChI is InChI=1S/C48H81N3O18/c1-30(2)42(48(62)63)51-41(59)28-22-26-39(65-32(4)53)44(67-34(6)55)46(69-36(8)57)45(68-35(7)56)43(66-33(5)54)38(64-31(3)52)25-20-18-16-14-12-10-9-11-13-15-17-19-21-27-40(58)50-37(47(60)61)24-23-29-49/h30,37-39,42-46H,9-29,49H2,1-8H3,(H,50,58)(H,51,59)(H,60,61)(H,62,63)/t37-,38?,39?,42-,43?,44?,45?,46?/m0/s1. The maximum absolute atomic E-state index is 12.8. The molecular weight excluding hydrogens is 907 g/mol. The molecule has 6 unspecified atom stereocenters. The summed E-state index contributed by atoms with van der Waals surface area (Å²) in [6, 6.07) is -2.09. The first-order chi connectivity index (χ1) is 32.5. The third-order valence-electron chi connectivity index (χ3n) is 10.9. The Morgan fingerprint density at radius 1 is 0.406 bits per heavy atom. The first-order valence-electron chi connectivity index (χ1n) is 24.3. The number of carbonyl (C=O) groups is 10. The van der Waals surface area contributed by atoms with E-state index in [0.29, 0.717) is 38.6 Å². The fourth-order valence-corrected chi connectivity index (χ4v) is 7.77. The number of esters is 6. The fraction of sp³-hybridized carbons (Fsp3) is 0.792. The Balaban J connectivity index is 5.82. The van der Waals surface area contributed by atoms with Crippen molar-refractivity contribution < 1.29 is 86.6 Å². The number of aliphatic carboxylic acids is 2. The van der Waals surface area contributed by atoms with Crippen molar-refractivity contribution in [1.29, 1.82) is 0 Å². The SMILES string of the molecule is CC(=O)OC(CCCCCCCCCCCCCCCC(=O)N[C@@H](CCCN)C(=O)O)C(OC(C)=O)C(OC(C)=O)C(OC(C)=O)C(OC(C)=O)C(CCCC(=O)N[C@H](C(=O)O)C(C)C)OC(C)=O. The molecule has 0 spiro atoms. The van der Waals surface area contributed by atoms with E-state index in [1.54, 1.807) is 13.8 Å². The van der Waals surface area contributed by atoms with Crippen molar-refractivity contribution in [3.63, 3.8) is 0 Å². The minimum atomic E-state index is -1.85. The predicted octanol–water partition coefficient (Wildman–Crippen LogP) is 5.13. The van der Waals surface area contributed by atoms with Gasteiger partial charge in [-0.3, -0.25) is 38.4 Å². The summed E-state index contributed by atoms with van der Waals surface area (Å²) in [4.78, 5) is 124. The van der Waals surface area contributed by atoms with Gasteiger partial charge in [0.05, 0.1) is 0 Å². The summed E-state index contributed by atoms with van der Waals surface area (Å²) >= 11 is 0. The lowest BCUT2D eigenvalue weighted by molar-refractivity contribution is -0.219. The Kier molecular flexibility index (Phi) is 33.8. The Morgan fingerprint density at radius 3 is 1.09 bits per heavy atom.